The van der Waals surface area contributed by atoms with Crippen molar-refractivity contribution in [1.82, 2.24) is 0 Å². The minimum Gasteiger partial charge on any atom is -0.204 e. The molecule has 0 spiro atoms. The van der Waals surface area contributed by atoms with Gasteiger partial charge in [0.2, 0.25) is 0 Å². The molecule has 1 rings (SSSR count). The molecule has 0 aromatic heterocycles. The minimum absolute atomic E-state index is 0.221. The molecule has 0 atom stereocenters. The summed E-state index contributed by atoms with van der Waals surface area (Å²) in [6, 6.07) is 0.221. The minimum atomic E-state index is -1.55. The third-order valence-corrected chi connectivity index (χ3v) is 3.05. The lowest BCUT2D eigenvalue weighted by molar-refractivity contribution is 0.463. The maximum Gasteiger partial charge on any atom is 0.161 e. The summed E-state index contributed by atoms with van der Waals surface area (Å²) >= 11 is 0. The van der Waals surface area contributed by atoms with Crippen molar-refractivity contribution in [3.8, 4) is 0 Å². The van der Waals surface area contributed by atoms with Crippen molar-refractivity contribution in [2.45, 2.75) is 13.1 Å². The van der Waals surface area contributed by atoms with E-state index in [9.17, 15) is 17.6 Å². The van der Waals surface area contributed by atoms with Gasteiger partial charge in [0, 0.05) is 11.3 Å². The quantitative estimate of drug-likeness (QED) is 0.376. The molecule has 5 heteroatoms. The van der Waals surface area contributed by atoms with Gasteiger partial charge in [0.15, 0.2) is 23.3 Å². The van der Waals surface area contributed by atoms with Gasteiger partial charge in [-0.2, -0.15) is 0 Å². The Bertz CT molecular complexity index is 309. The summed E-state index contributed by atoms with van der Waals surface area (Å²) in [6.07, 6.45) is 0. The molecule has 0 saturated carbocycles. The molecule has 0 aliphatic heterocycles. The second-order valence-corrected chi connectivity index (χ2v) is 5.34. The first-order chi connectivity index (χ1) is 5.95. The molecule has 71 valence electrons. The first-order valence-corrected chi connectivity index (χ1v) is 6.08. The summed E-state index contributed by atoms with van der Waals surface area (Å²) in [7, 11) is -1.55. The molecule has 0 amide bonds. The Morgan fingerprint density at radius 2 is 1.31 bits per heavy atom. The Labute approximate surface area is 74.8 Å². The lowest BCUT2D eigenvalue weighted by Crippen LogP contribution is -2.32. The molecule has 1 radical (unpaired) electrons. The fourth-order valence-corrected chi connectivity index (χ4v) is 2.13. The maximum atomic E-state index is 12.9. The SMILES string of the molecule is C[Si](C)c1c(F)c(F)cc(F)c1F. The van der Waals surface area contributed by atoms with Crippen molar-refractivity contribution in [2.24, 2.45) is 0 Å². The van der Waals surface area contributed by atoms with E-state index < -0.39 is 37.3 Å². The molecular weight excluding hydrogens is 200 g/mol. The highest BCUT2D eigenvalue weighted by atomic mass is 28.3. The summed E-state index contributed by atoms with van der Waals surface area (Å²) in [5.74, 6) is -5.20. The Morgan fingerprint density at radius 3 is 1.62 bits per heavy atom. The Hall–Kier alpha value is -0.843. The second kappa shape index (κ2) is 3.49. The Morgan fingerprint density at radius 1 is 0.923 bits per heavy atom. The molecule has 1 aromatic rings. The van der Waals surface area contributed by atoms with Crippen LogP contribution in [0.3, 0.4) is 0 Å². The highest BCUT2D eigenvalue weighted by molar-refractivity contribution is 6.70. The molecule has 0 unspecified atom stereocenters. The summed E-state index contributed by atoms with van der Waals surface area (Å²) in [5.41, 5.74) is 0. The zero-order valence-corrected chi connectivity index (χ0v) is 8.09. The van der Waals surface area contributed by atoms with Gasteiger partial charge < -0.3 is 0 Å². The Balaban J connectivity index is 3.46. The fraction of sp³-hybridized carbons (Fsp3) is 0.250. The van der Waals surface area contributed by atoms with Crippen molar-refractivity contribution in [2.75, 3.05) is 0 Å². The Kier molecular flexibility index (Phi) is 2.75. The molecule has 0 aliphatic carbocycles. The van der Waals surface area contributed by atoms with E-state index in [0.717, 1.165) is 0 Å². The lowest BCUT2D eigenvalue weighted by Gasteiger charge is -2.08. The van der Waals surface area contributed by atoms with Gasteiger partial charge >= 0.3 is 0 Å². The van der Waals surface area contributed by atoms with Gasteiger partial charge in [-0.25, -0.2) is 17.6 Å². The smallest absolute Gasteiger partial charge is 0.161 e. The van der Waals surface area contributed by atoms with Gasteiger partial charge in [0.1, 0.15) is 0 Å². The van der Waals surface area contributed by atoms with Crippen LogP contribution in [-0.2, 0) is 0 Å². The predicted octanol–water partition coefficient (Wildman–Crippen LogP) is 2.20. The summed E-state index contributed by atoms with van der Waals surface area (Å²) in [4.78, 5) is 0. The summed E-state index contributed by atoms with van der Waals surface area (Å²) < 4.78 is 51.1. The van der Waals surface area contributed by atoms with E-state index in [-0.39, 0.29) is 6.07 Å². The molecular formula is C8H7F4Si. The van der Waals surface area contributed by atoms with Crippen LogP contribution in [0.5, 0.6) is 0 Å². The van der Waals surface area contributed by atoms with E-state index in [1.807, 2.05) is 0 Å². The van der Waals surface area contributed by atoms with Gasteiger partial charge in [-0.15, -0.1) is 0 Å². The van der Waals surface area contributed by atoms with Gasteiger partial charge in [-0.05, 0) is 0 Å². The monoisotopic (exact) mass is 207 g/mol. The predicted molar refractivity (Wildman–Crippen MR) is 43.4 cm³/mol. The van der Waals surface area contributed by atoms with Gasteiger partial charge in [0.25, 0.3) is 0 Å². The van der Waals surface area contributed by atoms with Crippen LogP contribution < -0.4 is 5.19 Å². The van der Waals surface area contributed by atoms with Crippen LogP contribution >= 0.6 is 0 Å². The number of halogens is 4. The van der Waals surface area contributed by atoms with Gasteiger partial charge in [0.05, 0.1) is 8.80 Å². The molecule has 0 heterocycles. The average molecular weight is 207 g/mol. The zero-order chi connectivity index (χ0) is 10.2. The summed E-state index contributed by atoms with van der Waals surface area (Å²) in [6.45, 7) is 3.12. The molecule has 0 N–H and O–H groups in total. The van der Waals surface area contributed by atoms with E-state index in [4.69, 9.17) is 0 Å². The third kappa shape index (κ3) is 1.74. The van der Waals surface area contributed by atoms with Crippen LogP contribution in [0.1, 0.15) is 0 Å². The standard InChI is InChI=1S/C8H7F4Si/c1-13(2)8-6(11)4(9)3-5(10)7(8)12/h3H,1-2H3. The number of rotatable bonds is 1. The summed E-state index contributed by atoms with van der Waals surface area (Å²) in [5, 5.41) is -0.442. The van der Waals surface area contributed by atoms with Crippen LogP contribution in [-0.4, -0.2) is 8.80 Å². The molecule has 1 aromatic carbocycles. The fourth-order valence-electron chi connectivity index (χ4n) is 1.01. The highest BCUT2D eigenvalue weighted by Crippen LogP contribution is 2.11. The highest BCUT2D eigenvalue weighted by Gasteiger charge is 2.21. The van der Waals surface area contributed by atoms with Crippen molar-refractivity contribution in [3.05, 3.63) is 29.3 Å². The van der Waals surface area contributed by atoms with Crippen molar-refractivity contribution in [1.29, 1.82) is 0 Å². The average Bonchev–Trinajstić information content (AvgIpc) is 2.01. The first kappa shape index (κ1) is 10.2. The van der Waals surface area contributed by atoms with E-state index in [1.165, 1.54) is 0 Å². The number of hydrogen-bond donors (Lipinski definition) is 0. The van der Waals surface area contributed by atoms with Crippen molar-refractivity contribution >= 4 is 14.0 Å². The number of benzene rings is 1. The van der Waals surface area contributed by atoms with E-state index in [1.54, 1.807) is 13.1 Å². The molecule has 0 nitrogen and oxygen atoms in total. The molecule has 0 aliphatic rings. The van der Waals surface area contributed by atoms with Crippen molar-refractivity contribution < 1.29 is 17.6 Å². The topological polar surface area (TPSA) is 0 Å². The second-order valence-electron chi connectivity index (χ2n) is 2.84. The molecule has 0 bridgehead atoms. The van der Waals surface area contributed by atoms with E-state index >= 15 is 0 Å². The lowest BCUT2D eigenvalue weighted by atomic mass is 10.3. The molecule has 0 fully saturated rings. The van der Waals surface area contributed by atoms with E-state index in [0.29, 0.717) is 0 Å². The molecule has 13 heavy (non-hydrogen) atoms. The van der Waals surface area contributed by atoms with Crippen LogP contribution in [0.4, 0.5) is 17.6 Å². The maximum absolute atomic E-state index is 12.9. The van der Waals surface area contributed by atoms with Crippen LogP contribution in [0.2, 0.25) is 13.1 Å². The van der Waals surface area contributed by atoms with Gasteiger partial charge in [-0.3, -0.25) is 0 Å². The van der Waals surface area contributed by atoms with Crippen molar-refractivity contribution in [3.63, 3.8) is 0 Å². The normalized spacial score (nSPS) is 11.0. The van der Waals surface area contributed by atoms with Crippen LogP contribution in [0.15, 0.2) is 6.07 Å². The number of hydrogen-bond acceptors (Lipinski definition) is 0. The zero-order valence-electron chi connectivity index (χ0n) is 7.09. The van der Waals surface area contributed by atoms with Gasteiger partial charge in [-0.1, -0.05) is 13.1 Å². The van der Waals surface area contributed by atoms with E-state index in [2.05, 4.69) is 0 Å². The third-order valence-electron chi connectivity index (χ3n) is 1.61. The van der Waals surface area contributed by atoms with Crippen LogP contribution in [0, 0.1) is 23.3 Å². The van der Waals surface area contributed by atoms with Crippen LogP contribution in [0.25, 0.3) is 0 Å². The molecule has 0 saturated heterocycles. The largest absolute Gasteiger partial charge is 0.204 e. The first-order valence-electron chi connectivity index (χ1n) is 3.58.